The Labute approximate surface area is 159 Å². The molecule has 1 aliphatic rings. The SMILES string of the molecule is O=C(C1CC1)N(CCc1ccccc1)CCc1nc(-c2ccccc2)no1. The van der Waals surface area contributed by atoms with E-state index in [4.69, 9.17) is 4.52 Å². The first-order chi connectivity index (χ1) is 13.3. The van der Waals surface area contributed by atoms with Gasteiger partial charge < -0.3 is 9.42 Å². The van der Waals surface area contributed by atoms with Gasteiger partial charge in [0.2, 0.25) is 17.6 Å². The van der Waals surface area contributed by atoms with Crippen molar-refractivity contribution in [3.05, 3.63) is 72.1 Å². The molecule has 0 unspecified atom stereocenters. The standard InChI is InChI=1S/C22H23N3O2/c26-22(19-11-12-19)25(15-13-17-7-3-1-4-8-17)16-14-20-23-21(24-27-20)18-9-5-2-6-10-18/h1-10,19H,11-16H2. The number of aromatic nitrogens is 2. The maximum absolute atomic E-state index is 12.6. The summed E-state index contributed by atoms with van der Waals surface area (Å²) < 4.78 is 5.39. The molecule has 2 aromatic carbocycles. The summed E-state index contributed by atoms with van der Waals surface area (Å²) in [4.78, 5) is 19.1. The molecule has 138 valence electrons. The lowest BCUT2D eigenvalue weighted by atomic mass is 10.1. The Morgan fingerprint density at radius 2 is 1.63 bits per heavy atom. The third-order valence-corrected chi connectivity index (χ3v) is 4.85. The molecular formula is C22H23N3O2. The van der Waals surface area contributed by atoms with Gasteiger partial charge in [-0.3, -0.25) is 4.79 Å². The Kier molecular flexibility index (Phi) is 5.28. The van der Waals surface area contributed by atoms with Crippen molar-refractivity contribution < 1.29 is 9.32 Å². The lowest BCUT2D eigenvalue weighted by Crippen LogP contribution is -2.35. The van der Waals surface area contributed by atoms with E-state index in [0.29, 0.717) is 24.7 Å². The summed E-state index contributed by atoms with van der Waals surface area (Å²) in [6, 6.07) is 20.0. The van der Waals surface area contributed by atoms with Gasteiger partial charge in [-0.25, -0.2) is 0 Å². The summed E-state index contributed by atoms with van der Waals surface area (Å²) in [6.07, 6.45) is 3.46. The Hall–Kier alpha value is -2.95. The summed E-state index contributed by atoms with van der Waals surface area (Å²) in [6.45, 7) is 1.33. The van der Waals surface area contributed by atoms with E-state index in [1.165, 1.54) is 5.56 Å². The zero-order valence-corrected chi connectivity index (χ0v) is 15.3. The van der Waals surface area contributed by atoms with Gasteiger partial charge in [0.05, 0.1) is 0 Å². The third-order valence-electron chi connectivity index (χ3n) is 4.85. The second-order valence-corrected chi connectivity index (χ2v) is 6.96. The molecule has 0 N–H and O–H groups in total. The Morgan fingerprint density at radius 3 is 2.33 bits per heavy atom. The fourth-order valence-electron chi connectivity index (χ4n) is 3.12. The molecule has 5 nitrogen and oxygen atoms in total. The molecular weight excluding hydrogens is 338 g/mol. The van der Waals surface area contributed by atoms with Crippen molar-refractivity contribution in [2.24, 2.45) is 5.92 Å². The number of carbonyl (C=O) groups is 1. The fraction of sp³-hybridized carbons (Fsp3) is 0.318. The van der Waals surface area contributed by atoms with Crippen LogP contribution in [-0.2, 0) is 17.6 Å². The minimum absolute atomic E-state index is 0.211. The monoisotopic (exact) mass is 361 g/mol. The van der Waals surface area contributed by atoms with Crippen LogP contribution in [0.5, 0.6) is 0 Å². The predicted molar refractivity (Wildman–Crippen MR) is 103 cm³/mol. The van der Waals surface area contributed by atoms with Gasteiger partial charge >= 0.3 is 0 Å². The normalized spacial score (nSPS) is 13.5. The van der Waals surface area contributed by atoms with Crippen molar-refractivity contribution >= 4 is 5.91 Å². The van der Waals surface area contributed by atoms with Crippen LogP contribution in [0.15, 0.2) is 65.2 Å². The lowest BCUT2D eigenvalue weighted by molar-refractivity contribution is -0.132. The topological polar surface area (TPSA) is 59.2 Å². The molecule has 0 aliphatic heterocycles. The van der Waals surface area contributed by atoms with Crippen LogP contribution in [-0.4, -0.2) is 34.0 Å². The fourth-order valence-corrected chi connectivity index (χ4v) is 3.12. The van der Waals surface area contributed by atoms with E-state index in [1.807, 2.05) is 53.4 Å². The molecule has 1 aliphatic carbocycles. The Morgan fingerprint density at radius 1 is 0.963 bits per heavy atom. The first kappa shape index (κ1) is 17.5. The molecule has 1 heterocycles. The van der Waals surface area contributed by atoms with Gasteiger partial charge in [0.15, 0.2) is 0 Å². The molecule has 0 bridgehead atoms. The van der Waals surface area contributed by atoms with Crippen LogP contribution in [0.2, 0.25) is 0 Å². The number of rotatable bonds is 8. The van der Waals surface area contributed by atoms with Gasteiger partial charge in [0.1, 0.15) is 0 Å². The molecule has 1 amide bonds. The maximum atomic E-state index is 12.6. The van der Waals surface area contributed by atoms with E-state index < -0.39 is 0 Å². The molecule has 0 saturated heterocycles. The number of hydrogen-bond donors (Lipinski definition) is 0. The molecule has 3 aromatic rings. The Bertz CT molecular complexity index is 873. The summed E-state index contributed by atoms with van der Waals surface area (Å²) in [5, 5.41) is 4.06. The van der Waals surface area contributed by atoms with Crippen LogP contribution in [0, 0.1) is 5.92 Å². The Balaban J connectivity index is 1.38. The zero-order valence-electron chi connectivity index (χ0n) is 15.3. The van der Waals surface area contributed by atoms with E-state index in [0.717, 1.165) is 31.4 Å². The molecule has 1 saturated carbocycles. The first-order valence-corrected chi connectivity index (χ1v) is 9.50. The average molecular weight is 361 g/mol. The second kappa shape index (κ2) is 8.16. The van der Waals surface area contributed by atoms with Gasteiger partial charge in [0.25, 0.3) is 0 Å². The molecule has 1 fully saturated rings. The second-order valence-electron chi connectivity index (χ2n) is 6.96. The highest BCUT2D eigenvalue weighted by Crippen LogP contribution is 2.31. The van der Waals surface area contributed by atoms with Crippen molar-refractivity contribution in [3.8, 4) is 11.4 Å². The van der Waals surface area contributed by atoms with Crippen molar-refractivity contribution in [3.63, 3.8) is 0 Å². The van der Waals surface area contributed by atoms with Crippen molar-refractivity contribution in [1.29, 1.82) is 0 Å². The average Bonchev–Trinajstić information content (AvgIpc) is 3.47. The smallest absolute Gasteiger partial charge is 0.228 e. The van der Waals surface area contributed by atoms with E-state index in [1.54, 1.807) is 0 Å². The van der Waals surface area contributed by atoms with Gasteiger partial charge in [-0.05, 0) is 24.8 Å². The molecule has 1 aromatic heterocycles. The predicted octanol–water partition coefficient (Wildman–Crippen LogP) is 3.76. The van der Waals surface area contributed by atoms with Crippen LogP contribution in [0.3, 0.4) is 0 Å². The van der Waals surface area contributed by atoms with Gasteiger partial charge in [-0.15, -0.1) is 0 Å². The van der Waals surface area contributed by atoms with Crippen molar-refractivity contribution in [1.82, 2.24) is 15.0 Å². The van der Waals surface area contributed by atoms with E-state index in [-0.39, 0.29) is 11.8 Å². The van der Waals surface area contributed by atoms with Gasteiger partial charge in [-0.2, -0.15) is 4.98 Å². The summed E-state index contributed by atoms with van der Waals surface area (Å²) in [7, 11) is 0. The molecule has 5 heteroatoms. The lowest BCUT2D eigenvalue weighted by Gasteiger charge is -2.22. The third kappa shape index (κ3) is 4.61. The van der Waals surface area contributed by atoms with Crippen LogP contribution in [0.1, 0.15) is 24.3 Å². The van der Waals surface area contributed by atoms with Crippen LogP contribution < -0.4 is 0 Å². The van der Waals surface area contributed by atoms with Crippen LogP contribution in [0.25, 0.3) is 11.4 Å². The minimum Gasteiger partial charge on any atom is -0.342 e. The summed E-state index contributed by atoms with van der Waals surface area (Å²) >= 11 is 0. The molecule has 27 heavy (non-hydrogen) atoms. The van der Waals surface area contributed by atoms with Crippen molar-refractivity contribution in [2.45, 2.75) is 25.7 Å². The minimum atomic E-state index is 0.211. The summed E-state index contributed by atoms with van der Waals surface area (Å²) in [5.41, 5.74) is 2.18. The van der Waals surface area contributed by atoms with Crippen molar-refractivity contribution in [2.75, 3.05) is 13.1 Å². The molecule has 0 spiro atoms. The van der Waals surface area contributed by atoms with Crippen LogP contribution in [0.4, 0.5) is 0 Å². The number of amides is 1. The largest absolute Gasteiger partial charge is 0.342 e. The van der Waals surface area contributed by atoms with E-state index in [2.05, 4.69) is 22.3 Å². The van der Waals surface area contributed by atoms with Gasteiger partial charge in [-0.1, -0.05) is 65.8 Å². The quantitative estimate of drug-likeness (QED) is 0.613. The highest BCUT2D eigenvalue weighted by Gasteiger charge is 2.33. The van der Waals surface area contributed by atoms with E-state index >= 15 is 0 Å². The van der Waals surface area contributed by atoms with Gasteiger partial charge in [0, 0.05) is 31.0 Å². The highest BCUT2D eigenvalue weighted by atomic mass is 16.5. The van der Waals surface area contributed by atoms with Crippen LogP contribution >= 0.6 is 0 Å². The molecule has 0 atom stereocenters. The number of hydrogen-bond acceptors (Lipinski definition) is 4. The highest BCUT2D eigenvalue weighted by molar-refractivity contribution is 5.81. The first-order valence-electron chi connectivity index (χ1n) is 9.50. The number of carbonyl (C=O) groups excluding carboxylic acids is 1. The maximum Gasteiger partial charge on any atom is 0.228 e. The summed E-state index contributed by atoms with van der Waals surface area (Å²) in [5.74, 6) is 1.63. The van der Waals surface area contributed by atoms with E-state index in [9.17, 15) is 4.79 Å². The number of benzene rings is 2. The molecule has 0 radical (unpaired) electrons. The zero-order chi connectivity index (χ0) is 18.5. The molecule has 4 rings (SSSR count). The number of nitrogens with zero attached hydrogens (tertiary/aromatic N) is 3.